The number of hydrogen-bond acceptors (Lipinski definition) is 4. The van der Waals surface area contributed by atoms with Crippen LogP contribution in [-0.4, -0.2) is 28.8 Å². The third-order valence-corrected chi connectivity index (χ3v) is 6.89. The summed E-state index contributed by atoms with van der Waals surface area (Å²) in [7, 11) is 1.39. The van der Waals surface area contributed by atoms with Gasteiger partial charge in [-0.25, -0.2) is 4.39 Å². The molecule has 1 saturated heterocycles. The van der Waals surface area contributed by atoms with Crippen molar-refractivity contribution in [3.8, 4) is 5.75 Å². The van der Waals surface area contributed by atoms with E-state index >= 15 is 0 Å². The Hall–Kier alpha value is -3.93. The maximum Gasteiger partial charge on any atom is 0.295 e. The summed E-state index contributed by atoms with van der Waals surface area (Å²) in [6, 6.07) is 16.5. The number of methoxy groups -OCH3 is 1. The van der Waals surface area contributed by atoms with Crippen LogP contribution in [0.1, 0.15) is 60.2 Å². The number of Topliss-reactive ketones (excluding diaryl/α,β-unsaturated/α-hetero) is 1. The summed E-state index contributed by atoms with van der Waals surface area (Å²) in [5, 5.41) is 11.4. The molecule has 0 bridgehead atoms. The van der Waals surface area contributed by atoms with E-state index in [-0.39, 0.29) is 28.8 Å². The van der Waals surface area contributed by atoms with Gasteiger partial charge in [0.1, 0.15) is 17.3 Å². The molecule has 1 amide bonds. The first-order chi connectivity index (χ1) is 17.4. The van der Waals surface area contributed by atoms with E-state index in [1.165, 1.54) is 24.1 Å². The predicted octanol–water partition coefficient (Wildman–Crippen LogP) is 6.37. The lowest BCUT2D eigenvalue weighted by Gasteiger charge is -2.27. The Kier molecular flexibility index (Phi) is 6.96. The van der Waals surface area contributed by atoms with Crippen LogP contribution in [0.15, 0.2) is 66.2 Å². The fourth-order valence-electron chi connectivity index (χ4n) is 4.72. The molecule has 1 heterocycles. The Balaban J connectivity index is 1.92. The molecule has 4 rings (SSSR count). The number of benzene rings is 3. The number of halogens is 1. The molecule has 1 aliphatic heterocycles. The van der Waals surface area contributed by atoms with Crippen molar-refractivity contribution in [1.82, 2.24) is 4.90 Å². The molecule has 1 atom stereocenters. The molecule has 1 N–H and O–H groups in total. The number of likely N-dealkylation sites (tertiary alicyclic amines) is 1. The molecule has 3 aromatic rings. The lowest BCUT2D eigenvalue weighted by molar-refractivity contribution is -0.140. The molecule has 0 spiro atoms. The number of carbonyl (C=O) groups excluding carboxylic acids is 2. The van der Waals surface area contributed by atoms with Gasteiger partial charge in [-0.15, -0.1) is 0 Å². The normalized spacial score (nSPS) is 17.4. The molecule has 3 aromatic carbocycles. The summed E-state index contributed by atoms with van der Waals surface area (Å²) < 4.78 is 19.5. The Morgan fingerprint density at radius 2 is 1.68 bits per heavy atom. The lowest BCUT2D eigenvalue weighted by atomic mass is 9.85. The van der Waals surface area contributed by atoms with Crippen molar-refractivity contribution in [2.24, 2.45) is 0 Å². The first-order valence-corrected chi connectivity index (χ1v) is 12.2. The number of nitrogens with zero attached hydrogens (tertiary/aromatic N) is 1. The van der Waals surface area contributed by atoms with Gasteiger partial charge in [-0.05, 0) is 59.7 Å². The largest absolute Gasteiger partial charge is 0.507 e. The SMILES string of the molecule is COc1ccc(F)cc1/C(O)=C1\C(=O)C(=O)N(Cc2cc(C)ccc2C)C1c1ccc(C(C)(C)C)cc1. The third-order valence-electron chi connectivity index (χ3n) is 6.89. The van der Waals surface area contributed by atoms with Gasteiger partial charge in [0.15, 0.2) is 0 Å². The van der Waals surface area contributed by atoms with Gasteiger partial charge in [0.05, 0.1) is 24.3 Å². The number of ether oxygens (including phenoxy) is 1. The zero-order valence-electron chi connectivity index (χ0n) is 22.1. The van der Waals surface area contributed by atoms with Crippen LogP contribution in [0.5, 0.6) is 5.75 Å². The topological polar surface area (TPSA) is 66.8 Å². The van der Waals surface area contributed by atoms with Gasteiger partial charge in [-0.2, -0.15) is 0 Å². The first-order valence-electron chi connectivity index (χ1n) is 12.2. The van der Waals surface area contributed by atoms with E-state index < -0.39 is 29.3 Å². The molecule has 6 heteroatoms. The van der Waals surface area contributed by atoms with Crippen LogP contribution < -0.4 is 4.74 Å². The van der Waals surface area contributed by atoms with Gasteiger partial charge in [0.2, 0.25) is 0 Å². The van der Waals surface area contributed by atoms with E-state index in [1.807, 2.05) is 56.3 Å². The van der Waals surface area contributed by atoms with Crippen molar-refractivity contribution in [2.45, 2.75) is 52.6 Å². The fourth-order valence-corrected chi connectivity index (χ4v) is 4.72. The van der Waals surface area contributed by atoms with Crippen molar-refractivity contribution in [3.63, 3.8) is 0 Å². The summed E-state index contributed by atoms with van der Waals surface area (Å²) in [5.74, 6) is -2.41. The van der Waals surface area contributed by atoms with E-state index in [0.29, 0.717) is 5.56 Å². The molecular formula is C31H32FNO4. The van der Waals surface area contributed by atoms with Crippen LogP contribution in [0.4, 0.5) is 4.39 Å². The minimum atomic E-state index is -0.859. The summed E-state index contributed by atoms with van der Waals surface area (Å²) in [6.45, 7) is 10.4. The van der Waals surface area contributed by atoms with Crippen molar-refractivity contribution in [2.75, 3.05) is 7.11 Å². The van der Waals surface area contributed by atoms with Crippen molar-refractivity contribution in [3.05, 3.63) is 105 Å². The van der Waals surface area contributed by atoms with Crippen LogP contribution in [-0.2, 0) is 21.5 Å². The molecular weight excluding hydrogens is 469 g/mol. The van der Waals surface area contributed by atoms with E-state index in [4.69, 9.17) is 4.74 Å². The molecule has 1 aliphatic rings. The highest BCUT2D eigenvalue weighted by atomic mass is 19.1. The summed E-state index contributed by atoms with van der Waals surface area (Å²) in [6.07, 6.45) is 0. The Morgan fingerprint density at radius 3 is 2.30 bits per heavy atom. The van der Waals surface area contributed by atoms with Crippen LogP contribution >= 0.6 is 0 Å². The molecule has 5 nitrogen and oxygen atoms in total. The van der Waals surface area contributed by atoms with Gasteiger partial charge in [-0.1, -0.05) is 68.8 Å². The average molecular weight is 502 g/mol. The average Bonchev–Trinajstić information content (AvgIpc) is 3.10. The predicted molar refractivity (Wildman–Crippen MR) is 142 cm³/mol. The van der Waals surface area contributed by atoms with Crippen LogP contribution in [0.2, 0.25) is 0 Å². The second-order valence-corrected chi connectivity index (χ2v) is 10.6. The van der Waals surface area contributed by atoms with E-state index in [9.17, 15) is 19.1 Å². The summed E-state index contributed by atoms with van der Waals surface area (Å²) >= 11 is 0. The molecule has 0 aromatic heterocycles. The number of aliphatic hydroxyl groups is 1. The lowest BCUT2D eigenvalue weighted by Crippen LogP contribution is -2.29. The molecule has 37 heavy (non-hydrogen) atoms. The monoisotopic (exact) mass is 501 g/mol. The number of rotatable bonds is 5. The fraction of sp³-hybridized carbons (Fsp3) is 0.290. The Labute approximate surface area is 217 Å². The molecule has 0 saturated carbocycles. The Bertz CT molecular complexity index is 1400. The maximum absolute atomic E-state index is 14.2. The number of hydrogen-bond donors (Lipinski definition) is 1. The minimum Gasteiger partial charge on any atom is -0.507 e. The minimum absolute atomic E-state index is 0.0172. The van der Waals surface area contributed by atoms with Crippen molar-refractivity contribution in [1.29, 1.82) is 0 Å². The van der Waals surface area contributed by atoms with Gasteiger partial charge in [0, 0.05) is 6.54 Å². The van der Waals surface area contributed by atoms with Gasteiger partial charge >= 0.3 is 0 Å². The van der Waals surface area contributed by atoms with Gasteiger partial charge in [0.25, 0.3) is 11.7 Å². The van der Waals surface area contributed by atoms with E-state index in [0.717, 1.165) is 28.3 Å². The summed E-state index contributed by atoms with van der Waals surface area (Å²) in [4.78, 5) is 28.3. The highest BCUT2D eigenvalue weighted by Crippen LogP contribution is 2.42. The number of aliphatic hydroxyl groups excluding tert-OH is 1. The van der Waals surface area contributed by atoms with Crippen LogP contribution in [0, 0.1) is 19.7 Å². The number of amides is 1. The second-order valence-electron chi connectivity index (χ2n) is 10.6. The van der Waals surface area contributed by atoms with Gasteiger partial charge in [-0.3, -0.25) is 9.59 Å². The quantitative estimate of drug-likeness (QED) is 0.251. The summed E-state index contributed by atoms with van der Waals surface area (Å²) in [5.41, 5.74) is 4.53. The number of carbonyl (C=O) groups is 2. The number of aryl methyl sites for hydroxylation is 2. The first kappa shape index (κ1) is 26.1. The molecule has 1 unspecified atom stereocenters. The zero-order chi connectivity index (χ0) is 27.1. The zero-order valence-corrected chi connectivity index (χ0v) is 22.1. The van der Waals surface area contributed by atoms with Gasteiger partial charge < -0.3 is 14.7 Å². The smallest absolute Gasteiger partial charge is 0.295 e. The van der Waals surface area contributed by atoms with E-state index in [2.05, 4.69) is 20.8 Å². The highest BCUT2D eigenvalue weighted by Gasteiger charge is 2.46. The maximum atomic E-state index is 14.2. The van der Waals surface area contributed by atoms with Crippen LogP contribution in [0.25, 0.3) is 5.76 Å². The Morgan fingerprint density at radius 1 is 1.00 bits per heavy atom. The third kappa shape index (κ3) is 5.01. The number of ketones is 1. The van der Waals surface area contributed by atoms with Crippen molar-refractivity contribution >= 4 is 17.4 Å². The van der Waals surface area contributed by atoms with E-state index in [1.54, 1.807) is 0 Å². The molecule has 1 fully saturated rings. The van der Waals surface area contributed by atoms with Crippen LogP contribution in [0.3, 0.4) is 0 Å². The van der Waals surface area contributed by atoms with Crippen molar-refractivity contribution < 1.29 is 23.8 Å². The molecule has 192 valence electrons. The standard InChI is InChI=1S/C31H32FNO4/c1-18-7-8-19(2)21(15-18)17-33-27(20-9-11-22(12-10-20)31(3,4)5)26(29(35)30(33)36)28(34)24-16-23(32)13-14-25(24)37-6/h7-16,27,34H,17H2,1-6H3/b28-26+. The second kappa shape index (κ2) is 9.85. The molecule has 0 aliphatic carbocycles. The molecule has 0 radical (unpaired) electrons. The highest BCUT2D eigenvalue weighted by molar-refractivity contribution is 6.46.